The zero-order valence-electron chi connectivity index (χ0n) is 27.5. The van der Waals surface area contributed by atoms with Crippen molar-refractivity contribution >= 4 is 64.4 Å². The molecule has 0 aliphatic heterocycles. The van der Waals surface area contributed by atoms with E-state index in [0.29, 0.717) is 0 Å². The van der Waals surface area contributed by atoms with E-state index >= 15 is 0 Å². The van der Waals surface area contributed by atoms with Crippen LogP contribution in [-0.2, 0) is 12.8 Å². The molecule has 7 rings (SSSR count). The monoisotopic (exact) mass is 638 g/mol. The van der Waals surface area contributed by atoms with Crippen LogP contribution in [0.4, 0.5) is 0 Å². The molecule has 2 heterocycles. The summed E-state index contributed by atoms with van der Waals surface area (Å²) in [6.45, 7) is 4.63. The van der Waals surface area contributed by atoms with Gasteiger partial charge in [-0.2, -0.15) is 0 Å². The van der Waals surface area contributed by atoms with Crippen LogP contribution in [0.25, 0.3) is 62.6 Å². The highest BCUT2D eigenvalue weighted by molar-refractivity contribution is 7.30. The molecule has 5 aromatic carbocycles. The first kappa shape index (κ1) is 31.2. The molecule has 0 N–H and O–H groups in total. The fraction of sp³-hybridized carbons (Fsp3) is 0.318. The Balaban J connectivity index is 1.39. The van der Waals surface area contributed by atoms with Crippen LogP contribution in [0.2, 0.25) is 0 Å². The zero-order valence-corrected chi connectivity index (χ0v) is 29.2. The van der Waals surface area contributed by atoms with Gasteiger partial charge < -0.3 is 0 Å². The summed E-state index contributed by atoms with van der Waals surface area (Å²) in [6, 6.07) is 36.7. The maximum Gasteiger partial charge on any atom is 0.0530 e. The Kier molecular flexibility index (Phi) is 9.84. The summed E-state index contributed by atoms with van der Waals surface area (Å²) in [4.78, 5) is 2.80. The van der Waals surface area contributed by atoms with Crippen molar-refractivity contribution in [3.8, 4) is 20.9 Å². The smallest absolute Gasteiger partial charge is 0.0530 e. The van der Waals surface area contributed by atoms with Gasteiger partial charge in [0.05, 0.1) is 9.40 Å². The van der Waals surface area contributed by atoms with Gasteiger partial charge in [0, 0.05) is 9.75 Å². The van der Waals surface area contributed by atoms with Crippen LogP contribution < -0.4 is 0 Å². The second-order valence-corrected chi connectivity index (χ2v) is 15.2. The van der Waals surface area contributed by atoms with Crippen LogP contribution >= 0.6 is 22.7 Å². The Hall–Kier alpha value is -3.46. The minimum Gasteiger partial charge on any atom is -0.134 e. The Labute approximate surface area is 283 Å². The van der Waals surface area contributed by atoms with Gasteiger partial charge in [-0.05, 0) is 105 Å². The summed E-state index contributed by atoms with van der Waals surface area (Å²) in [6.07, 6.45) is 15.6. The van der Waals surface area contributed by atoms with Gasteiger partial charge in [-0.3, -0.25) is 0 Å². The third-order valence-electron chi connectivity index (χ3n) is 9.81. The molecule has 46 heavy (non-hydrogen) atoms. The summed E-state index contributed by atoms with van der Waals surface area (Å²) in [5.41, 5.74) is 5.96. The quantitative estimate of drug-likeness (QED) is 0.104. The van der Waals surface area contributed by atoms with Gasteiger partial charge in [0.25, 0.3) is 0 Å². The van der Waals surface area contributed by atoms with Gasteiger partial charge >= 0.3 is 0 Å². The van der Waals surface area contributed by atoms with E-state index in [9.17, 15) is 0 Å². The van der Waals surface area contributed by atoms with E-state index in [1.165, 1.54) is 140 Å². The standard InChI is InChI=1S/C44H46S2/c1-3-5-7-9-11-21-37-38(22-12-10-8-6-4-2)40-30-42(36-26-24-32-18-14-16-20-34(32)28-36)46-44(40)43-39(37)29-41(45-43)35-25-23-31-17-13-15-19-33(31)27-35/h13-20,23-30H,3-12,21-22H2,1-2H3. The van der Waals surface area contributed by atoms with Crippen molar-refractivity contribution in [1.29, 1.82) is 0 Å². The van der Waals surface area contributed by atoms with Crippen LogP contribution in [0.5, 0.6) is 0 Å². The molecule has 2 heteroatoms. The van der Waals surface area contributed by atoms with Gasteiger partial charge in [-0.15, -0.1) is 22.7 Å². The lowest BCUT2D eigenvalue weighted by molar-refractivity contribution is 0.623. The topological polar surface area (TPSA) is 0 Å². The summed E-state index contributed by atoms with van der Waals surface area (Å²) in [5, 5.41) is 8.30. The van der Waals surface area contributed by atoms with E-state index in [-0.39, 0.29) is 0 Å². The fourth-order valence-corrected chi connectivity index (χ4v) is 9.77. The molecule has 0 bridgehead atoms. The van der Waals surface area contributed by atoms with Gasteiger partial charge in [0.15, 0.2) is 0 Å². The summed E-state index contributed by atoms with van der Waals surface area (Å²) in [7, 11) is 0. The van der Waals surface area contributed by atoms with Crippen molar-refractivity contribution in [3.05, 3.63) is 108 Å². The average Bonchev–Trinajstić information content (AvgIpc) is 3.74. The molecular weight excluding hydrogens is 593 g/mol. The van der Waals surface area contributed by atoms with Crippen molar-refractivity contribution in [3.63, 3.8) is 0 Å². The normalized spacial score (nSPS) is 11.9. The molecule has 234 valence electrons. The second-order valence-electron chi connectivity index (χ2n) is 13.1. The van der Waals surface area contributed by atoms with Crippen LogP contribution in [-0.4, -0.2) is 0 Å². The molecule has 0 radical (unpaired) electrons. The number of thiophene rings is 2. The molecule has 7 aromatic rings. The van der Waals surface area contributed by atoms with Gasteiger partial charge in [-0.1, -0.05) is 138 Å². The maximum absolute atomic E-state index is 2.56. The number of aryl methyl sites for hydroxylation is 2. The van der Waals surface area contributed by atoms with Gasteiger partial charge in [-0.25, -0.2) is 0 Å². The molecule has 0 nitrogen and oxygen atoms in total. The predicted octanol–water partition coefficient (Wildman–Crippen LogP) is 14.8. The lowest BCUT2D eigenvalue weighted by Gasteiger charge is -2.14. The molecule has 0 aliphatic carbocycles. The minimum absolute atomic E-state index is 1.19. The van der Waals surface area contributed by atoms with E-state index < -0.39 is 0 Å². The van der Waals surface area contributed by atoms with E-state index in [1.807, 2.05) is 22.7 Å². The van der Waals surface area contributed by atoms with Crippen molar-refractivity contribution in [2.75, 3.05) is 0 Å². The Bertz CT molecular complexity index is 1940. The largest absolute Gasteiger partial charge is 0.134 e. The van der Waals surface area contributed by atoms with E-state index in [4.69, 9.17) is 0 Å². The van der Waals surface area contributed by atoms with E-state index in [0.717, 1.165) is 0 Å². The number of hydrogen-bond donors (Lipinski definition) is 0. The summed E-state index contributed by atoms with van der Waals surface area (Å²) in [5.74, 6) is 0. The van der Waals surface area contributed by atoms with E-state index in [2.05, 4.69) is 111 Å². The first-order valence-corrected chi connectivity index (χ1v) is 19.4. The molecule has 0 saturated heterocycles. The highest BCUT2D eigenvalue weighted by Crippen LogP contribution is 2.48. The molecule has 0 amide bonds. The first-order valence-electron chi connectivity index (χ1n) is 17.7. The third kappa shape index (κ3) is 6.53. The minimum atomic E-state index is 1.19. The second kappa shape index (κ2) is 14.5. The molecule has 0 unspecified atom stereocenters. The van der Waals surface area contributed by atoms with Crippen LogP contribution in [0.15, 0.2) is 97.1 Å². The van der Waals surface area contributed by atoms with Crippen molar-refractivity contribution in [2.24, 2.45) is 0 Å². The SMILES string of the molecule is CCCCCCCc1c(CCCCCCC)c2cc(-c3ccc4ccccc4c3)sc2c2sc(-c3ccc4ccccc4c3)cc12. The number of fused-ring (bicyclic) bond motifs is 5. The molecule has 0 aliphatic rings. The fourth-order valence-electron chi connectivity index (χ4n) is 7.24. The molecular formula is C44H46S2. The number of unbranched alkanes of at least 4 members (excludes halogenated alkanes) is 8. The highest BCUT2D eigenvalue weighted by Gasteiger charge is 2.20. The molecule has 0 spiro atoms. The highest BCUT2D eigenvalue weighted by atomic mass is 32.1. The number of hydrogen-bond acceptors (Lipinski definition) is 2. The summed E-state index contributed by atoms with van der Waals surface area (Å²) >= 11 is 4.03. The average molecular weight is 639 g/mol. The summed E-state index contributed by atoms with van der Waals surface area (Å²) < 4.78 is 2.99. The predicted molar refractivity (Wildman–Crippen MR) is 208 cm³/mol. The Morgan fingerprint density at radius 2 is 0.826 bits per heavy atom. The third-order valence-corrected chi connectivity index (χ3v) is 12.3. The van der Waals surface area contributed by atoms with Gasteiger partial charge in [0.2, 0.25) is 0 Å². The Morgan fingerprint density at radius 1 is 0.413 bits per heavy atom. The van der Waals surface area contributed by atoms with Crippen molar-refractivity contribution in [2.45, 2.75) is 90.9 Å². The number of benzene rings is 5. The van der Waals surface area contributed by atoms with Crippen LogP contribution in [0.3, 0.4) is 0 Å². The molecule has 2 aromatic heterocycles. The van der Waals surface area contributed by atoms with E-state index in [1.54, 1.807) is 11.1 Å². The van der Waals surface area contributed by atoms with Crippen molar-refractivity contribution < 1.29 is 0 Å². The van der Waals surface area contributed by atoms with Gasteiger partial charge in [0.1, 0.15) is 0 Å². The zero-order chi connectivity index (χ0) is 31.3. The Morgan fingerprint density at radius 3 is 1.26 bits per heavy atom. The molecule has 0 fully saturated rings. The van der Waals surface area contributed by atoms with Crippen LogP contribution in [0.1, 0.15) is 89.2 Å². The first-order chi connectivity index (χ1) is 22.7. The van der Waals surface area contributed by atoms with Crippen molar-refractivity contribution in [1.82, 2.24) is 0 Å². The molecule has 0 atom stereocenters. The lowest BCUT2D eigenvalue weighted by atomic mass is 9.91. The maximum atomic E-state index is 2.56. The molecule has 0 saturated carbocycles. The van der Waals surface area contributed by atoms with Crippen LogP contribution in [0, 0.1) is 0 Å². The lowest BCUT2D eigenvalue weighted by Crippen LogP contribution is -1.98. The number of rotatable bonds is 14.